The van der Waals surface area contributed by atoms with Crippen LogP contribution in [0.25, 0.3) is 21.5 Å². The van der Waals surface area contributed by atoms with Crippen LogP contribution in [0.3, 0.4) is 0 Å². The molecule has 0 unspecified atom stereocenters. The van der Waals surface area contributed by atoms with Gasteiger partial charge in [-0.3, -0.25) is 0 Å². The number of aliphatic hydroxyl groups is 1. The molecule has 0 spiro atoms. The Bertz CT molecular complexity index is 1370. The van der Waals surface area contributed by atoms with E-state index in [4.69, 9.17) is 0 Å². The second-order valence-electron chi connectivity index (χ2n) is 7.33. The molecule has 1 aliphatic rings. The van der Waals surface area contributed by atoms with Crippen molar-refractivity contribution in [2.45, 2.75) is 22.4 Å². The minimum atomic E-state index is -4.18. The van der Waals surface area contributed by atoms with Gasteiger partial charge in [0.25, 0.3) is 0 Å². The number of sulfone groups is 1. The summed E-state index contributed by atoms with van der Waals surface area (Å²) in [5.41, 5.74) is 0.173. The number of fused-ring (bicyclic) bond motifs is 1. The number of H-pyrrole nitrogens is 1. The van der Waals surface area contributed by atoms with E-state index in [9.17, 15) is 13.5 Å². The quantitative estimate of drug-likeness (QED) is 0.447. The Morgan fingerprint density at radius 3 is 2.60 bits per heavy atom. The minimum absolute atomic E-state index is 0.0313. The average Bonchev–Trinajstić information content (AvgIpc) is 3.35. The number of aromatic nitrogens is 3. The zero-order valence-corrected chi connectivity index (χ0v) is 17.4. The summed E-state index contributed by atoms with van der Waals surface area (Å²) in [5, 5.41) is 13.8. The van der Waals surface area contributed by atoms with Crippen LogP contribution < -0.4 is 5.32 Å². The van der Waals surface area contributed by atoms with Crippen LogP contribution in [-0.2, 0) is 15.4 Å². The van der Waals surface area contributed by atoms with Crippen LogP contribution in [0.2, 0.25) is 0 Å². The van der Waals surface area contributed by atoms with E-state index >= 15 is 4.39 Å². The lowest BCUT2D eigenvalue weighted by atomic mass is 9.99. The number of nitrogens with zero attached hydrogens (tertiary/aromatic N) is 2. The van der Waals surface area contributed by atoms with Crippen LogP contribution in [0, 0.1) is 12.7 Å². The highest BCUT2D eigenvalue weighted by Gasteiger charge is 2.39. The zero-order chi connectivity index (χ0) is 21.1. The number of hydrogen-bond donors (Lipinski definition) is 3. The number of β-amino-alcohol motifs (C(OH)–C–C–N with tert-alkyl or cyclic N) is 1. The summed E-state index contributed by atoms with van der Waals surface area (Å²) in [6, 6.07) is 7.83. The van der Waals surface area contributed by atoms with E-state index in [-0.39, 0.29) is 16.1 Å². The van der Waals surface area contributed by atoms with E-state index < -0.39 is 26.3 Å². The highest BCUT2D eigenvalue weighted by atomic mass is 32.2. The number of aryl methyl sites for hydroxylation is 1. The lowest BCUT2D eigenvalue weighted by Gasteiger charge is -2.35. The maximum Gasteiger partial charge on any atom is 0.226 e. The molecule has 0 saturated carbocycles. The topological polar surface area (TPSA) is 108 Å². The molecule has 1 saturated heterocycles. The van der Waals surface area contributed by atoms with E-state index in [1.807, 2.05) is 6.92 Å². The molecule has 0 amide bonds. The van der Waals surface area contributed by atoms with Crippen LogP contribution in [0.4, 0.5) is 4.39 Å². The first-order valence-electron chi connectivity index (χ1n) is 9.18. The number of aromatic amines is 1. The van der Waals surface area contributed by atoms with Crippen molar-refractivity contribution in [1.29, 1.82) is 0 Å². The Morgan fingerprint density at radius 2 is 1.93 bits per heavy atom. The SMILES string of the molecule is Cc1ccc(S(=O)(=O)c2nc3[nH]ccc3c(-c3cnc(C4(O)CNC4)s3)c2F)cc1. The normalized spacial score (nSPS) is 16.0. The summed E-state index contributed by atoms with van der Waals surface area (Å²) in [7, 11) is -4.18. The molecule has 3 N–H and O–H groups in total. The summed E-state index contributed by atoms with van der Waals surface area (Å²) < 4.78 is 42.0. The lowest BCUT2D eigenvalue weighted by Crippen LogP contribution is -2.56. The average molecular weight is 445 g/mol. The van der Waals surface area contributed by atoms with Gasteiger partial charge in [0.05, 0.1) is 9.77 Å². The molecule has 0 bridgehead atoms. The van der Waals surface area contributed by atoms with E-state index in [1.165, 1.54) is 18.3 Å². The zero-order valence-electron chi connectivity index (χ0n) is 15.8. The summed E-state index contributed by atoms with van der Waals surface area (Å²) in [6.45, 7) is 2.57. The van der Waals surface area contributed by atoms with Crippen molar-refractivity contribution in [3.8, 4) is 10.4 Å². The van der Waals surface area contributed by atoms with Gasteiger partial charge in [-0.05, 0) is 25.1 Å². The van der Waals surface area contributed by atoms with Crippen molar-refractivity contribution in [3.05, 3.63) is 59.1 Å². The van der Waals surface area contributed by atoms with Gasteiger partial charge in [0, 0.05) is 36.4 Å². The first-order valence-corrected chi connectivity index (χ1v) is 11.5. The molecular weight excluding hydrogens is 427 g/mol. The number of benzene rings is 1. The van der Waals surface area contributed by atoms with Crippen LogP contribution in [0.15, 0.2) is 52.6 Å². The minimum Gasteiger partial charge on any atom is -0.380 e. The summed E-state index contributed by atoms with van der Waals surface area (Å²) >= 11 is 1.14. The van der Waals surface area contributed by atoms with Gasteiger partial charge >= 0.3 is 0 Å². The van der Waals surface area contributed by atoms with Gasteiger partial charge in [-0.2, -0.15) is 0 Å². The van der Waals surface area contributed by atoms with Gasteiger partial charge < -0.3 is 15.4 Å². The molecule has 30 heavy (non-hydrogen) atoms. The maximum absolute atomic E-state index is 15.7. The van der Waals surface area contributed by atoms with Crippen molar-refractivity contribution in [1.82, 2.24) is 20.3 Å². The Kier molecular flexibility index (Phi) is 4.30. The molecule has 0 aliphatic carbocycles. The van der Waals surface area contributed by atoms with Gasteiger partial charge in [-0.25, -0.2) is 22.8 Å². The number of thiazole rings is 1. The Labute approximate surface area is 175 Å². The largest absolute Gasteiger partial charge is 0.380 e. The van der Waals surface area contributed by atoms with Gasteiger partial charge in [0.15, 0.2) is 10.8 Å². The molecule has 5 rings (SSSR count). The number of hydrogen-bond acceptors (Lipinski definition) is 7. The molecule has 10 heteroatoms. The third kappa shape index (κ3) is 2.87. The summed E-state index contributed by atoms with van der Waals surface area (Å²) in [6.07, 6.45) is 3.04. The highest BCUT2D eigenvalue weighted by Crippen LogP contribution is 2.40. The molecule has 7 nitrogen and oxygen atoms in total. The number of halogens is 1. The fourth-order valence-electron chi connectivity index (χ4n) is 3.40. The van der Waals surface area contributed by atoms with Gasteiger partial charge in [0.1, 0.15) is 16.3 Å². The standard InChI is InChI=1S/C20H17FN4O3S2/c1-11-2-4-12(5-3-11)30(27,28)18-16(21)15(13-6-7-23-17(13)25-18)14-8-24-19(29-14)20(26)9-22-10-20/h2-8,22,26H,9-10H2,1H3,(H,23,25). The second-order valence-corrected chi connectivity index (χ2v) is 10.2. The lowest BCUT2D eigenvalue weighted by molar-refractivity contribution is -0.0148. The Balaban J connectivity index is 1.71. The van der Waals surface area contributed by atoms with Crippen molar-refractivity contribution in [2.75, 3.05) is 13.1 Å². The molecule has 154 valence electrons. The van der Waals surface area contributed by atoms with Gasteiger partial charge in [-0.15, -0.1) is 11.3 Å². The van der Waals surface area contributed by atoms with Crippen molar-refractivity contribution in [3.63, 3.8) is 0 Å². The monoisotopic (exact) mass is 444 g/mol. The van der Waals surface area contributed by atoms with Crippen molar-refractivity contribution >= 4 is 32.2 Å². The maximum atomic E-state index is 15.7. The van der Waals surface area contributed by atoms with E-state index in [2.05, 4.69) is 20.3 Å². The molecule has 1 fully saturated rings. The van der Waals surface area contributed by atoms with Gasteiger partial charge in [0.2, 0.25) is 9.84 Å². The third-order valence-corrected chi connectivity index (χ3v) is 8.07. The Hall–Kier alpha value is -2.66. The second kappa shape index (κ2) is 6.67. The number of rotatable bonds is 4. The first-order chi connectivity index (χ1) is 14.3. The smallest absolute Gasteiger partial charge is 0.226 e. The van der Waals surface area contributed by atoms with E-state index in [1.54, 1.807) is 24.4 Å². The molecule has 0 radical (unpaired) electrons. The van der Waals surface area contributed by atoms with Crippen molar-refractivity contribution < 1.29 is 17.9 Å². The fourth-order valence-corrected chi connectivity index (χ4v) is 5.72. The molecule has 0 atom stereocenters. The number of nitrogens with one attached hydrogen (secondary N) is 2. The van der Waals surface area contributed by atoms with E-state index in [0.717, 1.165) is 16.9 Å². The predicted octanol–water partition coefficient (Wildman–Crippen LogP) is 2.76. The molecule has 1 aliphatic heterocycles. The van der Waals surface area contributed by atoms with Crippen LogP contribution in [-0.4, -0.2) is 41.6 Å². The highest BCUT2D eigenvalue weighted by molar-refractivity contribution is 7.91. The summed E-state index contributed by atoms with van der Waals surface area (Å²) in [4.78, 5) is 11.6. The molecule has 1 aromatic carbocycles. The third-order valence-electron chi connectivity index (χ3n) is 5.19. The van der Waals surface area contributed by atoms with Crippen LogP contribution >= 0.6 is 11.3 Å². The molecular formula is C20H17FN4O3S2. The predicted molar refractivity (Wildman–Crippen MR) is 111 cm³/mol. The van der Waals surface area contributed by atoms with Crippen molar-refractivity contribution in [2.24, 2.45) is 0 Å². The van der Waals surface area contributed by atoms with Crippen LogP contribution in [0.5, 0.6) is 0 Å². The Morgan fingerprint density at radius 1 is 1.20 bits per heavy atom. The van der Waals surface area contributed by atoms with Crippen LogP contribution in [0.1, 0.15) is 10.6 Å². The molecule has 3 aromatic heterocycles. The van der Waals surface area contributed by atoms with E-state index in [0.29, 0.717) is 28.4 Å². The van der Waals surface area contributed by atoms with Gasteiger partial charge in [-0.1, -0.05) is 17.7 Å². The fraction of sp³-hybridized carbons (Fsp3) is 0.200. The summed E-state index contributed by atoms with van der Waals surface area (Å²) in [5.74, 6) is -0.934. The number of pyridine rings is 1. The molecule has 4 aromatic rings. The first kappa shape index (κ1) is 19.3. The molecule has 4 heterocycles.